The number of hydrogen-bond donors (Lipinski definition) is 0. The number of carbonyl (C=O) groups excluding carboxylic acids is 1. The van der Waals surface area contributed by atoms with Crippen molar-refractivity contribution in [3.63, 3.8) is 0 Å². The van der Waals surface area contributed by atoms with E-state index in [1.165, 1.54) is 0 Å². The zero-order chi connectivity index (χ0) is 10.4. The number of rotatable bonds is 1. The third kappa shape index (κ3) is 1.20. The topological polar surface area (TPSA) is 26.3 Å². The van der Waals surface area contributed by atoms with Crippen molar-refractivity contribution in [1.82, 2.24) is 0 Å². The molecule has 2 heteroatoms. The van der Waals surface area contributed by atoms with Gasteiger partial charge in [0.25, 0.3) is 0 Å². The summed E-state index contributed by atoms with van der Waals surface area (Å²) in [4.78, 5) is 11.4. The van der Waals surface area contributed by atoms with Crippen molar-refractivity contribution in [1.29, 1.82) is 0 Å². The van der Waals surface area contributed by atoms with Gasteiger partial charge in [-0.1, -0.05) is 13.0 Å². The summed E-state index contributed by atoms with van der Waals surface area (Å²) in [5.41, 5.74) is -0.141. The molecule has 3 atom stereocenters. The summed E-state index contributed by atoms with van der Waals surface area (Å²) in [5.74, 6) is 0.293. The van der Waals surface area contributed by atoms with Crippen molar-refractivity contribution in [2.24, 2.45) is 11.3 Å². The van der Waals surface area contributed by atoms with Crippen LogP contribution in [0.15, 0.2) is 12.7 Å². The number of fused-ring (bicyclic) bond motifs is 1. The van der Waals surface area contributed by atoms with Crippen LogP contribution in [0.3, 0.4) is 0 Å². The van der Waals surface area contributed by atoms with E-state index < -0.39 is 0 Å². The van der Waals surface area contributed by atoms with Crippen LogP contribution < -0.4 is 0 Å². The van der Waals surface area contributed by atoms with Gasteiger partial charge < -0.3 is 4.74 Å². The molecule has 2 aliphatic rings. The number of carbonyl (C=O) groups is 1. The molecular formula is C12H18O2. The van der Waals surface area contributed by atoms with Gasteiger partial charge in [0.1, 0.15) is 5.60 Å². The molecule has 1 aliphatic heterocycles. The van der Waals surface area contributed by atoms with Crippen molar-refractivity contribution in [2.75, 3.05) is 0 Å². The maximum atomic E-state index is 11.4. The van der Waals surface area contributed by atoms with Gasteiger partial charge in [-0.2, -0.15) is 0 Å². The van der Waals surface area contributed by atoms with Crippen LogP contribution in [0.25, 0.3) is 0 Å². The van der Waals surface area contributed by atoms with Crippen LogP contribution in [0.1, 0.15) is 39.5 Å². The average Bonchev–Trinajstić information content (AvgIpc) is 2.42. The van der Waals surface area contributed by atoms with Crippen molar-refractivity contribution in [3.05, 3.63) is 12.7 Å². The quantitative estimate of drug-likeness (QED) is 0.474. The Morgan fingerprint density at radius 3 is 2.86 bits per heavy atom. The molecule has 78 valence electrons. The molecule has 0 aromatic heterocycles. The molecule has 1 saturated carbocycles. The Morgan fingerprint density at radius 2 is 2.21 bits per heavy atom. The van der Waals surface area contributed by atoms with Gasteiger partial charge in [0.15, 0.2) is 0 Å². The van der Waals surface area contributed by atoms with Crippen LogP contribution in [-0.2, 0) is 9.53 Å². The first-order valence-electron chi connectivity index (χ1n) is 5.36. The summed E-state index contributed by atoms with van der Waals surface area (Å²) < 4.78 is 5.46. The first kappa shape index (κ1) is 9.75. The van der Waals surface area contributed by atoms with E-state index in [-0.39, 0.29) is 17.0 Å². The van der Waals surface area contributed by atoms with Crippen LogP contribution in [0.4, 0.5) is 0 Å². The molecule has 14 heavy (non-hydrogen) atoms. The molecule has 0 aromatic rings. The molecule has 0 spiro atoms. The van der Waals surface area contributed by atoms with Crippen LogP contribution in [0, 0.1) is 11.3 Å². The second-order valence-corrected chi connectivity index (χ2v) is 5.11. The lowest BCUT2D eigenvalue weighted by atomic mass is 9.61. The fourth-order valence-corrected chi connectivity index (χ4v) is 3.15. The van der Waals surface area contributed by atoms with Gasteiger partial charge in [-0.3, -0.25) is 4.79 Å². The highest BCUT2D eigenvalue weighted by atomic mass is 16.6. The normalized spacial score (nSPS) is 47.0. The van der Waals surface area contributed by atoms with E-state index in [0.29, 0.717) is 12.3 Å². The van der Waals surface area contributed by atoms with E-state index in [1.54, 1.807) is 0 Å². The predicted octanol–water partition coefficient (Wildman–Crippen LogP) is 2.68. The molecule has 0 aromatic carbocycles. The molecule has 1 unspecified atom stereocenters. The summed E-state index contributed by atoms with van der Waals surface area (Å²) in [7, 11) is 0. The summed E-state index contributed by atoms with van der Waals surface area (Å²) in [6.45, 7) is 8.18. The number of ether oxygens (including phenoxy) is 1. The minimum Gasteiger partial charge on any atom is -0.459 e. The molecular weight excluding hydrogens is 176 g/mol. The summed E-state index contributed by atoms with van der Waals surface area (Å²) in [5, 5.41) is 0. The van der Waals surface area contributed by atoms with Crippen LogP contribution in [0.5, 0.6) is 0 Å². The second-order valence-electron chi connectivity index (χ2n) is 5.11. The van der Waals surface area contributed by atoms with Crippen LogP contribution >= 0.6 is 0 Å². The first-order valence-corrected chi connectivity index (χ1v) is 5.36. The van der Waals surface area contributed by atoms with Crippen LogP contribution in [-0.4, -0.2) is 11.6 Å². The first-order chi connectivity index (χ1) is 6.50. The SMILES string of the molecule is C=C[C@@]1(C)CCC[C@@]2(C)OC(=O)CC12. The molecule has 0 amide bonds. The Hall–Kier alpha value is -0.790. The van der Waals surface area contributed by atoms with Gasteiger partial charge in [-0.25, -0.2) is 0 Å². The van der Waals surface area contributed by atoms with E-state index in [9.17, 15) is 4.79 Å². The zero-order valence-corrected chi connectivity index (χ0v) is 9.01. The fraction of sp³-hybridized carbons (Fsp3) is 0.750. The van der Waals surface area contributed by atoms with Crippen molar-refractivity contribution in [3.8, 4) is 0 Å². The number of allylic oxidation sites excluding steroid dienone is 1. The van der Waals surface area contributed by atoms with Gasteiger partial charge in [-0.15, -0.1) is 6.58 Å². The maximum absolute atomic E-state index is 11.4. The minimum atomic E-state index is -0.224. The van der Waals surface area contributed by atoms with Crippen molar-refractivity contribution >= 4 is 5.97 Å². The molecule has 0 N–H and O–H groups in total. The molecule has 1 heterocycles. The summed E-state index contributed by atoms with van der Waals surface area (Å²) in [6.07, 6.45) is 5.85. The third-order valence-electron chi connectivity index (χ3n) is 4.11. The fourth-order valence-electron chi connectivity index (χ4n) is 3.15. The van der Waals surface area contributed by atoms with Gasteiger partial charge in [-0.05, 0) is 31.6 Å². The number of esters is 1. The Morgan fingerprint density at radius 1 is 1.50 bits per heavy atom. The van der Waals surface area contributed by atoms with E-state index in [0.717, 1.165) is 19.3 Å². The summed E-state index contributed by atoms with van der Waals surface area (Å²) >= 11 is 0. The van der Waals surface area contributed by atoms with Gasteiger partial charge >= 0.3 is 5.97 Å². The van der Waals surface area contributed by atoms with Crippen molar-refractivity contribution in [2.45, 2.75) is 45.1 Å². The lowest BCUT2D eigenvalue weighted by Crippen LogP contribution is -2.44. The van der Waals surface area contributed by atoms with Gasteiger partial charge in [0, 0.05) is 5.92 Å². The second kappa shape index (κ2) is 2.85. The zero-order valence-electron chi connectivity index (χ0n) is 9.01. The van der Waals surface area contributed by atoms with Gasteiger partial charge in [0.05, 0.1) is 6.42 Å². The molecule has 0 radical (unpaired) electrons. The monoisotopic (exact) mass is 194 g/mol. The molecule has 2 rings (SSSR count). The smallest absolute Gasteiger partial charge is 0.306 e. The van der Waals surface area contributed by atoms with E-state index in [1.807, 2.05) is 6.08 Å². The standard InChI is InChI=1S/C12H18O2/c1-4-11(2)6-5-7-12(3)9(11)8-10(13)14-12/h4,9H,1,5-8H2,2-3H3/t9?,11-,12+/m0/s1. The Bertz CT molecular complexity index is 284. The van der Waals surface area contributed by atoms with E-state index in [4.69, 9.17) is 4.74 Å². The lowest BCUT2D eigenvalue weighted by Gasteiger charge is -2.45. The van der Waals surface area contributed by atoms with E-state index in [2.05, 4.69) is 20.4 Å². The highest BCUT2D eigenvalue weighted by Crippen LogP contribution is 2.53. The average molecular weight is 194 g/mol. The Labute approximate surface area is 85.3 Å². The molecule has 1 saturated heterocycles. The largest absolute Gasteiger partial charge is 0.459 e. The summed E-state index contributed by atoms with van der Waals surface area (Å²) in [6, 6.07) is 0. The third-order valence-corrected chi connectivity index (χ3v) is 4.11. The highest BCUT2D eigenvalue weighted by Gasteiger charge is 2.54. The van der Waals surface area contributed by atoms with Crippen molar-refractivity contribution < 1.29 is 9.53 Å². The maximum Gasteiger partial charge on any atom is 0.306 e. The number of hydrogen-bond acceptors (Lipinski definition) is 2. The lowest BCUT2D eigenvalue weighted by molar-refractivity contribution is -0.151. The predicted molar refractivity (Wildman–Crippen MR) is 54.8 cm³/mol. The highest BCUT2D eigenvalue weighted by molar-refractivity contribution is 5.73. The molecule has 1 aliphatic carbocycles. The molecule has 2 nitrogen and oxygen atoms in total. The molecule has 0 bridgehead atoms. The Balaban J connectivity index is 2.34. The van der Waals surface area contributed by atoms with Crippen LogP contribution in [0.2, 0.25) is 0 Å². The Kier molecular flexibility index (Phi) is 1.98. The molecule has 2 fully saturated rings. The minimum absolute atomic E-state index is 0.0347. The van der Waals surface area contributed by atoms with Gasteiger partial charge in [0.2, 0.25) is 0 Å². The van der Waals surface area contributed by atoms with E-state index >= 15 is 0 Å².